The van der Waals surface area contributed by atoms with Crippen LogP contribution in [0.1, 0.15) is 48.8 Å². The van der Waals surface area contributed by atoms with E-state index in [2.05, 4.69) is 32.8 Å². The number of aromatic nitrogens is 3. The van der Waals surface area contributed by atoms with Crippen LogP contribution in [-0.2, 0) is 17.9 Å². The van der Waals surface area contributed by atoms with E-state index in [1.807, 2.05) is 12.1 Å². The fraction of sp³-hybridized carbons (Fsp3) is 0.571. The average molecular weight is 416 g/mol. The number of rotatable bonds is 2. The number of benzene rings is 1. The first-order chi connectivity index (χ1) is 13.9. The minimum atomic E-state index is -1.55. The number of halogens is 2. The minimum absolute atomic E-state index is 0.141. The topological polar surface area (TPSA) is 54.3 Å². The van der Waals surface area contributed by atoms with Crippen molar-refractivity contribution in [3.05, 3.63) is 40.4 Å². The third kappa shape index (κ3) is 2.66. The molecular weight excluding hydrogens is 393 g/mol. The van der Waals surface area contributed by atoms with Crippen LogP contribution in [0.25, 0.3) is 5.69 Å². The zero-order valence-electron chi connectivity index (χ0n) is 16.4. The molecule has 1 saturated heterocycles. The molecule has 2 aliphatic carbocycles. The summed E-state index contributed by atoms with van der Waals surface area (Å²) < 4.78 is 16.2. The fourth-order valence-electron chi connectivity index (χ4n) is 5.39. The third-order valence-corrected chi connectivity index (χ3v) is 7.26. The van der Waals surface area contributed by atoms with Crippen LogP contribution in [0.4, 0.5) is 4.39 Å². The molecule has 1 spiro atoms. The van der Waals surface area contributed by atoms with Crippen LogP contribution in [0.2, 0.25) is 5.02 Å². The van der Waals surface area contributed by atoms with Crippen molar-refractivity contribution in [2.75, 3.05) is 20.1 Å². The van der Waals surface area contributed by atoms with E-state index in [1.54, 1.807) is 4.90 Å². The van der Waals surface area contributed by atoms with Crippen molar-refractivity contribution in [1.82, 2.24) is 24.6 Å². The molecule has 3 heterocycles. The lowest BCUT2D eigenvalue weighted by Crippen LogP contribution is -2.64. The molecule has 1 aromatic carbocycles. The zero-order chi connectivity index (χ0) is 20.0. The third-order valence-electron chi connectivity index (χ3n) is 7.03. The summed E-state index contributed by atoms with van der Waals surface area (Å²) in [6.45, 7) is 2.92. The molecular formula is C21H23ClFN5O. The lowest BCUT2D eigenvalue weighted by molar-refractivity contribution is -0.158. The van der Waals surface area contributed by atoms with Gasteiger partial charge >= 0.3 is 0 Å². The van der Waals surface area contributed by atoms with E-state index in [0.717, 1.165) is 48.3 Å². The van der Waals surface area contributed by atoms with Gasteiger partial charge in [-0.2, -0.15) is 0 Å². The van der Waals surface area contributed by atoms with Crippen molar-refractivity contribution < 1.29 is 9.18 Å². The quantitative estimate of drug-likeness (QED) is 0.756. The van der Waals surface area contributed by atoms with Crippen molar-refractivity contribution >= 4 is 17.5 Å². The van der Waals surface area contributed by atoms with Gasteiger partial charge in [-0.1, -0.05) is 11.6 Å². The average Bonchev–Trinajstić information content (AvgIpc) is 3.27. The summed E-state index contributed by atoms with van der Waals surface area (Å²) in [5.74, 6) is 1.97. The van der Waals surface area contributed by atoms with E-state index >= 15 is 0 Å². The van der Waals surface area contributed by atoms with E-state index in [4.69, 9.17) is 11.6 Å². The van der Waals surface area contributed by atoms with E-state index in [9.17, 15) is 9.18 Å². The highest BCUT2D eigenvalue weighted by Crippen LogP contribution is 2.57. The van der Waals surface area contributed by atoms with Gasteiger partial charge in [-0.3, -0.25) is 14.3 Å². The Morgan fingerprint density at radius 2 is 1.97 bits per heavy atom. The maximum Gasteiger partial charge on any atom is 0.260 e. The molecule has 8 heteroatoms. The molecule has 2 saturated carbocycles. The highest BCUT2D eigenvalue weighted by atomic mass is 35.5. The molecule has 2 aliphatic heterocycles. The zero-order valence-corrected chi connectivity index (χ0v) is 17.1. The van der Waals surface area contributed by atoms with Crippen LogP contribution in [-0.4, -0.2) is 56.3 Å². The molecule has 0 atom stereocenters. The Hall–Kier alpha value is -1.99. The molecule has 6 rings (SSSR count). The molecule has 29 heavy (non-hydrogen) atoms. The van der Waals surface area contributed by atoms with Crippen LogP contribution < -0.4 is 0 Å². The number of alkyl halides is 1. The van der Waals surface area contributed by atoms with Crippen molar-refractivity contribution in [1.29, 1.82) is 0 Å². The van der Waals surface area contributed by atoms with Gasteiger partial charge in [-0.15, -0.1) is 10.2 Å². The Labute approximate surface area is 173 Å². The van der Waals surface area contributed by atoms with Gasteiger partial charge in [0.05, 0.1) is 12.2 Å². The van der Waals surface area contributed by atoms with Crippen LogP contribution in [0, 0.1) is 5.41 Å². The Bertz CT molecular complexity index is 1020. The van der Waals surface area contributed by atoms with Crippen LogP contribution >= 0.6 is 11.6 Å². The Morgan fingerprint density at radius 3 is 2.69 bits per heavy atom. The number of hydrogen-bond acceptors (Lipinski definition) is 4. The monoisotopic (exact) mass is 415 g/mol. The lowest BCUT2D eigenvalue weighted by atomic mass is 9.57. The summed E-state index contributed by atoms with van der Waals surface area (Å²) >= 11 is 6.24. The predicted octanol–water partition coefficient (Wildman–Crippen LogP) is 3.07. The maximum atomic E-state index is 14.0. The van der Waals surface area contributed by atoms with Crippen molar-refractivity contribution in [2.24, 2.45) is 5.41 Å². The summed E-state index contributed by atoms with van der Waals surface area (Å²) in [4.78, 5) is 16.1. The second-order valence-corrected chi connectivity index (χ2v) is 9.92. The molecule has 0 unspecified atom stereocenters. The SMILES string of the molecule is CN1Cc2cc(Cl)ccc2-n2c(nnc2C2CC3(C2)CN(C(=O)C2(F)CC2)C3)C1. The van der Waals surface area contributed by atoms with Gasteiger partial charge in [0.25, 0.3) is 5.91 Å². The van der Waals surface area contributed by atoms with Crippen molar-refractivity contribution in [3.8, 4) is 5.69 Å². The number of amides is 1. The molecule has 4 aliphatic rings. The first-order valence-electron chi connectivity index (χ1n) is 10.3. The number of nitrogens with zero attached hydrogens (tertiary/aromatic N) is 5. The molecule has 6 nitrogen and oxygen atoms in total. The molecule has 0 N–H and O–H groups in total. The van der Waals surface area contributed by atoms with Gasteiger partial charge < -0.3 is 4.90 Å². The molecule has 1 aromatic heterocycles. The maximum absolute atomic E-state index is 14.0. The van der Waals surface area contributed by atoms with Crippen LogP contribution in [0.15, 0.2) is 18.2 Å². The first-order valence-corrected chi connectivity index (χ1v) is 10.6. The number of hydrogen-bond donors (Lipinski definition) is 0. The first kappa shape index (κ1) is 17.8. The molecule has 0 bridgehead atoms. The molecule has 152 valence electrons. The minimum Gasteiger partial charge on any atom is -0.339 e. The second-order valence-electron chi connectivity index (χ2n) is 9.49. The van der Waals surface area contributed by atoms with Gasteiger partial charge in [0.1, 0.15) is 5.82 Å². The van der Waals surface area contributed by atoms with E-state index in [0.29, 0.717) is 31.8 Å². The summed E-state index contributed by atoms with van der Waals surface area (Å²) in [7, 11) is 2.07. The number of carbonyl (C=O) groups is 1. The normalized spacial score (nSPS) is 24.3. The number of likely N-dealkylation sites (tertiary alicyclic amines) is 1. The Balaban J connectivity index is 1.24. The van der Waals surface area contributed by atoms with Gasteiger partial charge in [-0.25, -0.2) is 4.39 Å². The summed E-state index contributed by atoms with van der Waals surface area (Å²) in [6.07, 6.45) is 2.74. The van der Waals surface area contributed by atoms with Crippen molar-refractivity contribution in [2.45, 2.75) is 50.4 Å². The van der Waals surface area contributed by atoms with Crippen LogP contribution in [0.3, 0.4) is 0 Å². The largest absolute Gasteiger partial charge is 0.339 e. The number of carbonyl (C=O) groups excluding carboxylic acids is 1. The highest BCUT2D eigenvalue weighted by Gasteiger charge is 2.60. The summed E-state index contributed by atoms with van der Waals surface area (Å²) in [5, 5.41) is 9.78. The molecule has 3 fully saturated rings. The van der Waals surface area contributed by atoms with Gasteiger partial charge in [0, 0.05) is 36.0 Å². The standard InChI is InChI=1S/C21H23ClFN5O/c1-26-9-13-6-15(22)2-3-16(13)28-17(10-26)24-25-18(28)14-7-20(8-14)11-27(12-20)19(29)21(23)4-5-21/h2-3,6,14H,4-5,7-12H2,1H3. The molecule has 2 aromatic rings. The Morgan fingerprint density at radius 1 is 1.21 bits per heavy atom. The number of fused-ring (bicyclic) bond motifs is 3. The van der Waals surface area contributed by atoms with E-state index in [-0.39, 0.29) is 11.3 Å². The predicted molar refractivity (Wildman–Crippen MR) is 106 cm³/mol. The Kier molecular flexibility index (Phi) is 3.56. The molecule has 0 radical (unpaired) electrons. The lowest BCUT2D eigenvalue weighted by Gasteiger charge is -2.59. The summed E-state index contributed by atoms with van der Waals surface area (Å²) in [5.41, 5.74) is 0.870. The fourth-order valence-corrected chi connectivity index (χ4v) is 5.58. The summed E-state index contributed by atoms with van der Waals surface area (Å²) in [6, 6.07) is 6.00. The second kappa shape index (κ2) is 5.79. The van der Waals surface area contributed by atoms with Gasteiger partial charge in [0.15, 0.2) is 11.5 Å². The van der Waals surface area contributed by atoms with E-state index < -0.39 is 5.67 Å². The van der Waals surface area contributed by atoms with Crippen molar-refractivity contribution in [3.63, 3.8) is 0 Å². The highest BCUT2D eigenvalue weighted by molar-refractivity contribution is 6.30. The smallest absolute Gasteiger partial charge is 0.260 e. The molecule has 1 amide bonds. The van der Waals surface area contributed by atoms with Gasteiger partial charge in [0.2, 0.25) is 0 Å². The van der Waals surface area contributed by atoms with E-state index in [1.165, 1.54) is 5.56 Å². The van der Waals surface area contributed by atoms with Crippen LogP contribution in [0.5, 0.6) is 0 Å². The van der Waals surface area contributed by atoms with Gasteiger partial charge in [-0.05, 0) is 56.5 Å².